The van der Waals surface area contributed by atoms with E-state index in [1.807, 2.05) is 0 Å². The molecule has 1 N–H and O–H groups in total. The second kappa shape index (κ2) is 6.16. The summed E-state index contributed by atoms with van der Waals surface area (Å²) >= 11 is 0. The molecule has 0 unspecified atom stereocenters. The number of rotatable bonds is 3. The first kappa shape index (κ1) is 16.9. The fourth-order valence-corrected chi connectivity index (χ4v) is 2.67. The Balaban J connectivity index is 2.25. The van der Waals surface area contributed by atoms with Gasteiger partial charge in [-0.3, -0.25) is 4.98 Å². The van der Waals surface area contributed by atoms with Crippen molar-refractivity contribution >= 4 is 10.9 Å². The van der Waals surface area contributed by atoms with Gasteiger partial charge in [0.15, 0.2) is 11.5 Å². The average Bonchev–Trinajstić information content (AvgIpc) is 2.59. The van der Waals surface area contributed by atoms with Crippen LogP contribution in [-0.4, -0.2) is 24.3 Å². The van der Waals surface area contributed by atoms with Crippen molar-refractivity contribution in [1.29, 1.82) is 0 Å². The number of phenols is 1. The molecule has 0 aliphatic carbocycles. The van der Waals surface area contributed by atoms with Crippen LogP contribution in [0.5, 0.6) is 17.2 Å². The first-order chi connectivity index (χ1) is 11.8. The van der Waals surface area contributed by atoms with Gasteiger partial charge in [-0.2, -0.15) is 13.2 Å². The van der Waals surface area contributed by atoms with E-state index in [2.05, 4.69) is 4.98 Å². The van der Waals surface area contributed by atoms with Crippen molar-refractivity contribution in [3.63, 3.8) is 0 Å². The number of fused-ring (bicyclic) bond motifs is 1. The zero-order valence-electron chi connectivity index (χ0n) is 13.4. The van der Waals surface area contributed by atoms with Gasteiger partial charge in [0, 0.05) is 11.6 Å². The third-order valence-corrected chi connectivity index (χ3v) is 3.86. The van der Waals surface area contributed by atoms with Gasteiger partial charge in [-0.15, -0.1) is 0 Å². The second-order valence-corrected chi connectivity index (χ2v) is 5.31. The molecule has 0 saturated heterocycles. The first-order valence-corrected chi connectivity index (χ1v) is 7.26. The van der Waals surface area contributed by atoms with Crippen LogP contribution in [-0.2, 0) is 6.18 Å². The number of hydrogen-bond acceptors (Lipinski definition) is 4. The molecule has 4 nitrogen and oxygen atoms in total. The lowest BCUT2D eigenvalue weighted by Gasteiger charge is -2.15. The number of aromatic hydroxyl groups is 1. The van der Waals surface area contributed by atoms with Crippen molar-refractivity contribution in [3.05, 3.63) is 48.2 Å². The Bertz CT molecular complexity index is 939. The van der Waals surface area contributed by atoms with E-state index in [0.29, 0.717) is 22.3 Å². The number of aromatic nitrogens is 1. The van der Waals surface area contributed by atoms with Gasteiger partial charge in [0.2, 0.25) is 0 Å². The van der Waals surface area contributed by atoms with E-state index in [4.69, 9.17) is 9.47 Å². The van der Waals surface area contributed by atoms with Crippen LogP contribution >= 0.6 is 0 Å². The molecule has 0 bridgehead atoms. The highest BCUT2D eigenvalue weighted by Crippen LogP contribution is 2.41. The van der Waals surface area contributed by atoms with Crippen LogP contribution in [0.4, 0.5) is 13.2 Å². The molecule has 3 aromatic rings. The number of pyridine rings is 1. The molecule has 3 rings (SSSR count). The van der Waals surface area contributed by atoms with E-state index in [9.17, 15) is 18.3 Å². The van der Waals surface area contributed by atoms with Gasteiger partial charge in [-0.1, -0.05) is 6.07 Å². The lowest BCUT2D eigenvalue weighted by molar-refractivity contribution is -0.138. The third kappa shape index (κ3) is 3.05. The maximum absolute atomic E-state index is 13.2. The third-order valence-electron chi connectivity index (χ3n) is 3.86. The number of benzene rings is 2. The summed E-state index contributed by atoms with van der Waals surface area (Å²) in [6, 6.07) is 8.70. The maximum atomic E-state index is 13.2. The molecule has 0 aliphatic rings. The summed E-state index contributed by atoms with van der Waals surface area (Å²) in [5.74, 6) is -0.0464. The number of alkyl halides is 3. The van der Waals surface area contributed by atoms with Gasteiger partial charge in [0.1, 0.15) is 5.75 Å². The standard InChI is InChI=1S/C18H14F3NO3/c1-24-16-4-3-10(7-15(16)23)11-5-6-22-14-9-13(18(19,20)21)17(25-2)8-12(11)14/h3-9,23H,1-2H3. The number of hydrogen-bond donors (Lipinski definition) is 1. The van der Waals surface area contributed by atoms with Crippen molar-refractivity contribution in [2.75, 3.05) is 14.2 Å². The largest absolute Gasteiger partial charge is 0.504 e. The summed E-state index contributed by atoms with van der Waals surface area (Å²) in [6.45, 7) is 0. The molecule has 7 heteroatoms. The van der Waals surface area contributed by atoms with Crippen molar-refractivity contribution < 1.29 is 27.8 Å². The van der Waals surface area contributed by atoms with Gasteiger partial charge >= 0.3 is 6.18 Å². The van der Waals surface area contributed by atoms with Gasteiger partial charge in [0.25, 0.3) is 0 Å². The molecule has 0 spiro atoms. The Morgan fingerprint density at radius 1 is 0.960 bits per heavy atom. The molecule has 0 fully saturated rings. The lowest BCUT2D eigenvalue weighted by atomic mass is 9.99. The summed E-state index contributed by atoms with van der Waals surface area (Å²) in [5, 5.41) is 10.4. The molecule has 0 amide bonds. The molecule has 0 saturated carbocycles. The van der Waals surface area contributed by atoms with E-state index in [1.165, 1.54) is 32.5 Å². The van der Waals surface area contributed by atoms with Crippen molar-refractivity contribution in [1.82, 2.24) is 4.98 Å². The summed E-state index contributed by atoms with van der Waals surface area (Å²) in [7, 11) is 2.62. The normalized spacial score (nSPS) is 11.6. The van der Waals surface area contributed by atoms with Gasteiger partial charge in [-0.05, 0) is 41.5 Å². The molecule has 25 heavy (non-hydrogen) atoms. The first-order valence-electron chi connectivity index (χ1n) is 7.26. The van der Waals surface area contributed by atoms with Gasteiger partial charge < -0.3 is 14.6 Å². The van der Waals surface area contributed by atoms with Crippen LogP contribution in [0.15, 0.2) is 42.6 Å². The quantitative estimate of drug-likeness (QED) is 0.748. The lowest BCUT2D eigenvalue weighted by Crippen LogP contribution is -2.07. The Kier molecular flexibility index (Phi) is 4.16. The molecular formula is C18H14F3NO3. The van der Waals surface area contributed by atoms with Crippen LogP contribution in [0.25, 0.3) is 22.0 Å². The van der Waals surface area contributed by atoms with Crippen LogP contribution in [0.3, 0.4) is 0 Å². The topological polar surface area (TPSA) is 51.6 Å². The van der Waals surface area contributed by atoms with Gasteiger partial charge in [0.05, 0.1) is 25.3 Å². The minimum absolute atomic E-state index is 0.0659. The zero-order chi connectivity index (χ0) is 18.2. The Morgan fingerprint density at radius 3 is 2.28 bits per heavy atom. The van der Waals surface area contributed by atoms with E-state index < -0.39 is 11.7 Å². The molecule has 130 valence electrons. The van der Waals surface area contributed by atoms with Crippen LogP contribution in [0, 0.1) is 0 Å². The number of nitrogens with zero attached hydrogens (tertiary/aromatic N) is 1. The van der Waals surface area contributed by atoms with E-state index in [1.54, 1.807) is 18.2 Å². The minimum atomic E-state index is -4.55. The van der Waals surface area contributed by atoms with E-state index in [0.717, 1.165) is 6.07 Å². The Hall–Kier alpha value is -2.96. The van der Waals surface area contributed by atoms with Crippen molar-refractivity contribution in [2.24, 2.45) is 0 Å². The second-order valence-electron chi connectivity index (χ2n) is 5.31. The Labute approximate surface area is 141 Å². The summed E-state index contributed by atoms with van der Waals surface area (Å²) in [5.41, 5.74) is 0.535. The predicted molar refractivity (Wildman–Crippen MR) is 86.9 cm³/mol. The van der Waals surface area contributed by atoms with E-state index in [-0.39, 0.29) is 17.0 Å². The molecule has 1 aromatic heterocycles. The fourth-order valence-electron chi connectivity index (χ4n) is 2.67. The predicted octanol–water partition coefficient (Wildman–Crippen LogP) is 4.64. The molecular weight excluding hydrogens is 335 g/mol. The molecule has 1 heterocycles. The molecule has 0 radical (unpaired) electrons. The average molecular weight is 349 g/mol. The minimum Gasteiger partial charge on any atom is -0.504 e. The molecule has 2 aromatic carbocycles. The summed E-state index contributed by atoms with van der Waals surface area (Å²) in [6.07, 6.45) is -3.12. The number of halogens is 3. The molecule has 0 aliphatic heterocycles. The molecule has 0 atom stereocenters. The Morgan fingerprint density at radius 2 is 1.68 bits per heavy atom. The highest BCUT2D eigenvalue weighted by Gasteiger charge is 2.35. The highest BCUT2D eigenvalue weighted by atomic mass is 19.4. The number of methoxy groups -OCH3 is 2. The fraction of sp³-hybridized carbons (Fsp3) is 0.167. The number of ether oxygens (including phenoxy) is 2. The van der Waals surface area contributed by atoms with Crippen LogP contribution in [0.1, 0.15) is 5.56 Å². The monoisotopic (exact) mass is 349 g/mol. The van der Waals surface area contributed by atoms with Crippen molar-refractivity contribution in [2.45, 2.75) is 6.18 Å². The van der Waals surface area contributed by atoms with Crippen molar-refractivity contribution in [3.8, 4) is 28.4 Å². The summed E-state index contributed by atoms with van der Waals surface area (Å²) in [4.78, 5) is 4.03. The maximum Gasteiger partial charge on any atom is 0.420 e. The highest BCUT2D eigenvalue weighted by molar-refractivity contribution is 5.96. The SMILES string of the molecule is COc1ccc(-c2ccnc3cc(C(F)(F)F)c(OC)cc23)cc1O. The summed E-state index contributed by atoms with van der Waals surface area (Å²) < 4.78 is 49.4. The zero-order valence-corrected chi connectivity index (χ0v) is 13.4. The van der Waals surface area contributed by atoms with Crippen LogP contribution < -0.4 is 9.47 Å². The van der Waals surface area contributed by atoms with Gasteiger partial charge in [-0.25, -0.2) is 0 Å². The smallest absolute Gasteiger partial charge is 0.420 e. The van der Waals surface area contributed by atoms with Crippen LogP contribution in [0.2, 0.25) is 0 Å². The number of phenolic OH excluding ortho intramolecular Hbond substituents is 1. The van der Waals surface area contributed by atoms with E-state index >= 15 is 0 Å².